The fraction of sp³-hybridized carbons (Fsp3) is 0.500. The highest BCUT2D eigenvalue weighted by molar-refractivity contribution is 7.51. The van der Waals surface area contributed by atoms with E-state index in [0.717, 1.165) is 25.9 Å². The molecule has 2 heterocycles. The molecule has 0 amide bonds. The monoisotopic (exact) mass is 378 g/mol. The molecule has 2 N–H and O–H groups in total. The standard InChI is InChI=1S/C20H29N2O3P/c1-2-3-5-12-21-14-8-19(9-15-21)20-10-16-22(17-11-20)13-6-4-7-18-26(23,24)25/h8-11,14-17H,2-7,12-13,18H2,1H3/p+2. The molecule has 0 radical (unpaired) electrons. The summed E-state index contributed by atoms with van der Waals surface area (Å²) in [5.41, 5.74) is 2.41. The van der Waals surface area contributed by atoms with E-state index < -0.39 is 7.60 Å². The molecule has 0 atom stereocenters. The van der Waals surface area contributed by atoms with Crippen LogP contribution in [0, 0.1) is 0 Å². The van der Waals surface area contributed by atoms with Crippen LogP contribution in [0.5, 0.6) is 0 Å². The third-order valence-corrected chi connectivity index (χ3v) is 5.40. The van der Waals surface area contributed by atoms with E-state index in [2.05, 4.69) is 65.1 Å². The van der Waals surface area contributed by atoms with Gasteiger partial charge in [0.2, 0.25) is 0 Å². The SMILES string of the molecule is CCCCC[n+]1ccc(-c2cc[n+](CCCCCP(=O)(O)O)cc2)cc1. The Morgan fingerprint density at radius 3 is 1.65 bits per heavy atom. The van der Waals surface area contributed by atoms with Crippen molar-refractivity contribution in [1.82, 2.24) is 0 Å². The fourth-order valence-corrected chi connectivity index (χ4v) is 3.57. The Labute approximate surface area is 156 Å². The second-order valence-electron chi connectivity index (χ2n) is 6.81. The number of aromatic nitrogens is 2. The molecule has 0 aliphatic carbocycles. The quantitative estimate of drug-likeness (QED) is 0.357. The molecule has 0 aliphatic rings. The summed E-state index contributed by atoms with van der Waals surface area (Å²) in [6.07, 6.45) is 14.5. The zero-order chi connectivity index (χ0) is 18.8. The van der Waals surface area contributed by atoms with Gasteiger partial charge in [-0.1, -0.05) is 13.3 Å². The Kier molecular flexibility index (Phi) is 8.43. The van der Waals surface area contributed by atoms with Crippen molar-refractivity contribution in [1.29, 1.82) is 0 Å². The maximum Gasteiger partial charge on any atom is 0.325 e. The van der Waals surface area contributed by atoms with Gasteiger partial charge in [0.05, 0.1) is 0 Å². The molecule has 0 unspecified atom stereocenters. The van der Waals surface area contributed by atoms with E-state index in [1.165, 1.54) is 30.4 Å². The number of nitrogens with zero attached hydrogens (tertiary/aromatic N) is 2. The van der Waals surface area contributed by atoms with Crippen LogP contribution < -0.4 is 9.13 Å². The second kappa shape index (κ2) is 10.6. The summed E-state index contributed by atoms with van der Waals surface area (Å²) >= 11 is 0. The van der Waals surface area contributed by atoms with E-state index >= 15 is 0 Å². The summed E-state index contributed by atoms with van der Waals surface area (Å²) in [5.74, 6) is 0. The van der Waals surface area contributed by atoms with Gasteiger partial charge in [-0.25, -0.2) is 9.13 Å². The van der Waals surface area contributed by atoms with Crippen LogP contribution in [0.25, 0.3) is 11.1 Å². The van der Waals surface area contributed by atoms with Crippen LogP contribution >= 0.6 is 7.60 Å². The number of rotatable bonds is 11. The van der Waals surface area contributed by atoms with E-state index in [1.54, 1.807) is 0 Å². The number of unbranched alkanes of at least 4 members (excludes halogenated alkanes) is 4. The lowest BCUT2D eigenvalue weighted by molar-refractivity contribution is -0.697. The Balaban J connectivity index is 1.80. The Hall–Kier alpha value is -1.55. The van der Waals surface area contributed by atoms with Gasteiger partial charge in [-0.05, 0) is 30.4 Å². The van der Waals surface area contributed by atoms with Gasteiger partial charge >= 0.3 is 7.60 Å². The Morgan fingerprint density at radius 2 is 1.23 bits per heavy atom. The van der Waals surface area contributed by atoms with Crippen LogP contribution in [0.2, 0.25) is 0 Å². The Bertz CT molecular complexity index is 696. The summed E-state index contributed by atoms with van der Waals surface area (Å²) < 4.78 is 15.2. The number of hydrogen-bond acceptors (Lipinski definition) is 1. The average molecular weight is 378 g/mol. The molecule has 0 saturated carbocycles. The molecule has 0 aliphatic heterocycles. The van der Waals surface area contributed by atoms with Crippen molar-refractivity contribution in [3.05, 3.63) is 49.1 Å². The zero-order valence-electron chi connectivity index (χ0n) is 15.6. The molecule has 2 aromatic heterocycles. The van der Waals surface area contributed by atoms with Gasteiger partial charge in [-0.3, -0.25) is 4.57 Å². The molecule has 2 aromatic rings. The van der Waals surface area contributed by atoms with Crippen molar-refractivity contribution in [2.75, 3.05) is 6.16 Å². The minimum atomic E-state index is -3.84. The lowest BCUT2D eigenvalue weighted by Crippen LogP contribution is -2.33. The van der Waals surface area contributed by atoms with Gasteiger partial charge < -0.3 is 9.79 Å². The molecule has 26 heavy (non-hydrogen) atoms. The topological polar surface area (TPSA) is 65.3 Å². The van der Waals surface area contributed by atoms with Gasteiger partial charge in [-0.15, -0.1) is 0 Å². The summed E-state index contributed by atoms with van der Waals surface area (Å²) in [5, 5.41) is 0. The fourth-order valence-electron chi connectivity index (χ4n) is 2.93. The first-order valence-corrected chi connectivity index (χ1v) is 11.3. The highest BCUT2D eigenvalue weighted by Gasteiger charge is 2.11. The third kappa shape index (κ3) is 7.77. The molecular weight excluding hydrogens is 347 g/mol. The van der Waals surface area contributed by atoms with Crippen LogP contribution in [0.3, 0.4) is 0 Å². The van der Waals surface area contributed by atoms with Crippen LogP contribution in [0.15, 0.2) is 49.1 Å². The molecule has 5 nitrogen and oxygen atoms in total. The Morgan fingerprint density at radius 1 is 0.769 bits per heavy atom. The van der Waals surface area contributed by atoms with Crippen molar-refractivity contribution in [3.63, 3.8) is 0 Å². The minimum absolute atomic E-state index is 0.0109. The van der Waals surface area contributed by atoms with Gasteiger partial charge in [0, 0.05) is 43.3 Å². The molecule has 6 heteroatoms. The van der Waals surface area contributed by atoms with Gasteiger partial charge in [0.25, 0.3) is 0 Å². The van der Waals surface area contributed by atoms with Crippen molar-refractivity contribution in [3.8, 4) is 11.1 Å². The van der Waals surface area contributed by atoms with Gasteiger partial charge in [0.15, 0.2) is 24.8 Å². The summed E-state index contributed by atoms with van der Waals surface area (Å²) in [6, 6.07) is 8.56. The predicted octanol–water partition coefficient (Wildman–Crippen LogP) is 3.47. The molecule has 0 saturated heterocycles. The van der Waals surface area contributed by atoms with Crippen molar-refractivity contribution in [2.24, 2.45) is 0 Å². The normalized spacial score (nSPS) is 11.7. The minimum Gasteiger partial charge on any atom is -0.324 e. The first kappa shape index (κ1) is 20.8. The third-order valence-electron chi connectivity index (χ3n) is 4.50. The first-order valence-electron chi connectivity index (χ1n) is 9.51. The molecule has 0 aromatic carbocycles. The first-order chi connectivity index (χ1) is 12.5. The van der Waals surface area contributed by atoms with Gasteiger partial charge in [-0.2, -0.15) is 0 Å². The molecular formula is C20H31N2O3P+2. The lowest BCUT2D eigenvalue weighted by Gasteiger charge is -2.03. The molecule has 142 valence electrons. The van der Waals surface area contributed by atoms with E-state index in [0.29, 0.717) is 6.42 Å². The molecule has 2 rings (SSSR count). The summed E-state index contributed by atoms with van der Waals surface area (Å²) in [4.78, 5) is 17.7. The van der Waals surface area contributed by atoms with Crippen LogP contribution in [-0.2, 0) is 17.7 Å². The number of hydrogen-bond donors (Lipinski definition) is 2. The van der Waals surface area contributed by atoms with E-state index in [1.807, 2.05) is 0 Å². The smallest absolute Gasteiger partial charge is 0.324 e. The zero-order valence-corrected chi connectivity index (χ0v) is 16.5. The van der Waals surface area contributed by atoms with Crippen LogP contribution in [-0.4, -0.2) is 15.9 Å². The van der Waals surface area contributed by atoms with Crippen molar-refractivity contribution < 1.29 is 23.5 Å². The second-order valence-corrected chi connectivity index (χ2v) is 8.58. The van der Waals surface area contributed by atoms with Crippen molar-refractivity contribution >= 4 is 7.60 Å². The van der Waals surface area contributed by atoms with E-state index in [9.17, 15) is 4.57 Å². The lowest BCUT2D eigenvalue weighted by atomic mass is 10.1. The maximum atomic E-state index is 10.8. The van der Waals surface area contributed by atoms with E-state index in [-0.39, 0.29) is 6.16 Å². The summed E-state index contributed by atoms with van der Waals surface area (Å²) in [6.45, 7) is 4.16. The molecule has 0 fully saturated rings. The average Bonchev–Trinajstić information content (AvgIpc) is 2.62. The molecule has 0 spiro atoms. The van der Waals surface area contributed by atoms with Crippen LogP contribution in [0.1, 0.15) is 45.4 Å². The number of pyridine rings is 2. The highest BCUT2D eigenvalue weighted by atomic mass is 31.2. The summed E-state index contributed by atoms with van der Waals surface area (Å²) in [7, 11) is -3.84. The largest absolute Gasteiger partial charge is 0.325 e. The highest BCUT2D eigenvalue weighted by Crippen LogP contribution is 2.35. The van der Waals surface area contributed by atoms with Crippen LogP contribution in [0.4, 0.5) is 0 Å². The van der Waals surface area contributed by atoms with E-state index in [4.69, 9.17) is 9.79 Å². The van der Waals surface area contributed by atoms with Crippen molar-refractivity contribution in [2.45, 2.75) is 58.5 Å². The number of aryl methyl sites for hydroxylation is 2. The molecule has 0 bridgehead atoms. The maximum absolute atomic E-state index is 10.8. The van der Waals surface area contributed by atoms with Gasteiger partial charge in [0.1, 0.15) is 13.1 Å². The predicted molar refractivity (Wildman–Crippen MR) is 103 cm³/mol.